The first kappa shape index (κ1) is 15.0. The van der Waals surface area contributed by atoms with Gasteiger partial charge in [-0.15, -0.1) is 0 Å². The minimum Gasteiger partial charge on any atom is -0.508 e. The van der Waals surface area contributed by atoms with Crippen LogP contribution in [-0.4, -0.2) is 46.7 Å². The van der Waals surface area contributed by atoms with Crippen LogP contribution < -0.4 is 9.64 Å². The zero-order valence-corrected chi connectivity index (χ0v) is 14.3. The number of phenols is 1. The number of ether oxygens (including phenoxy) is 1. The predicted octanol–water partition coefficient (Wildman–Crippen LogP) is 3.25. The highest BCUT2D eigenvalue weighted by Gasteiger charge is 2.55. The number of piperidine rings is 1. The molecule has 2 bridgehead atoms. The van der Waals surface area contributed by atoms with E-state index in [0.717, 1.165) is 30.4 Å². The van der Waals surface area contributed by atoms with Crippen LogP contribution in [0.15, 0.2) is 42.7 Å². The Bertz CT molecular complexity index is 757. The van der Waals surface area contributed by atoms with Gasteiger partial charge in [0, 0.05) is 24.7 Å². The Kier molecular flexibility index (Phi) is 3.38. The molecule has 3 aliphatic rings. The molecule has 0 saturated carbocycles. The van der Waals surface area contributed by atoms with Gasteiger partial charge >= 0.3 is 0 Å². The van der Waals surface area contributed by atoms with Crippen molar-refractivity contribution in [3.05, 3.63) is 42.7 Å². The molecule has 25 heavy (non-hydrogen) atoms. The lowest BCUT2D eigenvalue weighted by atomic mass is 9.85. The van der Waals surface area contributed by atoms with Crippen LogP contribution in [-0.2, 0) is 0 Å². The van der Waals surface area contributed by atoms with Crippen molar-refractivity contribution >= 4 is 5.69 Å². The quantitative estimate of drug-likeness (QED) is 0.932. The first-order valence-corrected chi connectivity index (χ1v) is 9.15. The van der Waals surface area contributed by atoms with Crippen LogP contribution in [0.2, 0.25) is 0 Å². The minimum absolute atomic E-state index is 0.239. The fourth-order valence-corrected chi connectivity index (χ4v) is 5.04. The number of nitrogens with zero attached hydrogens (tertiary/aromatic N) is 3. The number of anilines is 1. The lowest BCUT2D eigenvalue weighted by Crippen LogP contribution is -2.44. The number of aromatic nitrogens is 1. The van der Waals surface area contributed by atoms with Crippen molar-refractivity contribution in [2.45, 2.75) is 24.8 Å². The second kappa shape index (κ2) is 5.63. The van der Waals surface area contributed by atoms with Gasteiger partial charge in [-0.3, -0.25) is 9.88 Å². The van der Waals surface area contributed by atoms with Crippen molar-refractivity contribution in [2.24, 2.45) is 5.92 Å². The number of rotatable bonds is 3. The van der Waals surface area contributed by atoms with Gasteiger partial charge in [-0.2, -0.15) is 0 Å². The Morgan fingerprint density at radius 3 is 2.56 bits per heavy atom. The molecule has 5 nitrogen and oxygen atoms in total. The summed E-state index contributed by atoms with van der Waals surface area (Å²) in [5.74, 6) is 2.55. The second-order valence-corrected chi connectivity index (χ2v) is 7.51. The molecule has 0 radical (unpaired) electrons. The largest absolute Gasteiger partial charge is 0.508 e. The molecule has 1 spiro atoms. The molecular weight excluding hydrogens is 314 g/mol. The third-order valence-corrected chi connectivity index (χ3v) is 6.30. The maximum Gasteiger partial charge on any atom is 0.147 e. The van der Waals surface area contributed by atoms with Gasteiger partial charge in [0.05, 0.1) is 18.1 Å². The second-order valence-electron chi connectivity index (χ2n) is 7.51. The monoisotopic (exact) mass is 337 g/mol. The van der Waals surface area contributed by atoms with Gasteiger partial charge in [0.1, 0.15) is 17.2 Å². The van der Waals surface area contributed by atoms with Crippen molar-refractivity contribution in [3.8, 4) is 17.2 Å². The molecule has 4 heterocycles. The van der Waals surface area contributed by atoms with Crippen LogP contribution in [0.3, 0.4) is 0 Å². The molecule has 3 fully saturated rings. The molecule has 1 aromatic heterocycles. The number of aromatic hydroxyl groups is 1. The molecule has 2 aromatic rings. The first-order valence-electron chi connectivity index (χ1n) is 9.15. The van der Waals surface area contributed by atoms with Crippen molar-refractivity contribution in [3.63, 3.8) is 0 Å². The highest BCUT2D eigenvalue weighted by Crippen LogP contribution is 2.49. The van der Waals surface area contributed by atoms with Crippen molar-refractivity contribution in [2.75, 3.05) is 31.1 Å². The fraction of sp³-hybridized carbons (Fsp3) is 0.450. The van der Waals surface area contributed by atoms with E-state index in [-0.39, 0.29) is 5.75 Å². The summed E-state index contributed by atoms with van der Waals surface area (Å²) in [4.78, 5) is 9.57. The molecule has 1 unspecified atom stereocenters. The Balaban J connectivity index is 1.34. The molecule has 5 rings (SSSR count). The average molecular weight is 337 g/mol. The van der Waals surface area contributed by atoms with E-state index in [9.17, 15) is 5.11 Å². The van der Waals surface area contributed by atoms with Gasteiger partial charge in [-0.1, -0.05) is 0 Å². The first-order chi connectivity index (χ1) is 12.2. The van der Waals surface area contributed by atoms with Crippen LogP contribution in [0, 0.1) is 5.92 Å². The molecule has 1 aromatic carbocycles. The van der Waals surface area contributed by atoms with Crippen molar-refractivity contribution in [1.82, 2.24) is 9.88 Å². The molecule has 130 valence electrons. The molecule has 0 aliphatic carbocycles. The molecule has 0 amide bonds. The molecular formula is C20H23N3O2. The van der Waals surface area contributed by atoms with Gasteiger partial charge in [0.25, 0.3) is 0 Å². The highest BCUT2D eigenvalue weighted by atomic mass is 16.5. The summed E-state index contributed by atoms with van der Waals surface area (Å²) in [7, 11) is 0. The molecule has 3 saturated heterocycles. The zero-order chi connectivity index (χ0) is 16.9. The molecule has 3 aliphatic heterocycles. The smallest absolute Gasteiger partial charge is 0.147 e. The van der Waals surface area contributed by atoms with Crippen LogP contribution >= 0.6 is 0 Å². The van der Waals surface area contributed by atoms with E-state index in [2.05, 4.69) is 20.9 Å². The van der Waals surface area contributed by atoms with Crippen LogP contribution in [0.5, 0.6) is 17.2 Å². The van der Waals surface area contributed by atoms with Crippen molar-refractivity contribution < 1.29 is 9.84 Å². The van der Waals surface area contributed by atoms with Crippen LogP contribution in [0.1, 0.15) is 19.3 Å². The maximum absolute atomic E-state index is 9.38. The Labute approximate surface area is 147 Å². The number of phenolic OH excluding ortho intramolecular Hbond substituents is 1. The normalized spacial score (nSPS) is 30.3. The zero-order valence-electron chi connectivity index (χ0n) is 14.3. The lowest BCUT2D eigenvalue weighted by Gasteiger charge is -2.32. The van der Waals surface area contributed by atoms with E-state index < -0.39 is 0 Å². The summed E-state index contributed by atoms with van der Waals surface area (Å²) in [5, 5.41) is 9.38. The summed E-state index contributed by atoms with van der Waals surface area (Å²) >= 11 is 0. The molecule has 5 heteroatoms. The third-order valence-electron chi connectivity index (χ3n) is 6.30. The van der Waals surface area contributed by atoms with E-state index in [1.54, 1.807) is 30.5 Å². The fourth-order valence-electron chi connectivity index (χ4n) is 5.04. The summed E-state index contributed by atoms with van der Waals surface area (Å²) in [6, 6.07) is 8.85. The van der Waals surface area contributed by atoms with Gasteiger partial charge in [0.15, 0.2) is 0 Å². The van der Waals surface area contributed by atoms with Gasteiger partial charge in [0.2, 0.25) is 0 Å². The lowest BCUT2D eigenvalue weighted by molar-refractivity contribution is 0.194. The van der Waals surface area contributed by atoms with E-state index in [1.807, 2.05) is 6.20 Å². The van der Waals surface area contributed by atoms with E-state index in [1.165, 1.54) is 32.4 Å². The summed E-state index contributed by atoms with van der Waals surface area (Å²) in [6.07, 6.45) is 7.69. The standard InChI is InChI=1S/C20H23N3O2/c24-17-1-3-18(4-2-17)25-19-11-16(12-21-13-19)22-10-7-20(14-22)15-5-8-23(20)9-6-15/h1-4,11-13,15,24H,5-10,14H2. The third kappa shape index (κ3) is 2.45. The predicted molar refractivity (Wildman–Crippen MR) is 96.3 cm³/mol. The summed E-state index contributed by atoms with van der Waals surface area (Å²) in [6.45, 7) is 4.76. The number of pyridine rings is 1. The number of hydrogen-bond acceptors (Lipinski definition) is 5. The van der Waals surface area contributed by atoms with Gasteiger partial charge in [-0.05, 0) is 62.5 Å². The van der Waals surface area contributed by atoms with Crippen LogP contribution in [0.25, 0.3) is 0 Å². The summed E-state index contributed by atoms with van der Waals surface area (Å²) in [5.41, 5.74) is 1.55. The minimum atomic E-state index is 0.239. The maximum atomic E-state index is 9.38. The molecule has 1 N–H and O–H groups in total. The Morgan fingerprint density at radius 2 is 1.84 bits per heavy atom. The van der Waals surface area contributed by atoms with E-state index >= 15 is 0 Å². The molecule has 1 atom stereocenters. The van der Waals surface area contributed by atoms with Gasteiger partial charge in [-0.25, -0.2) is 0 Å². The van der Waals surface area contributed by atoms with Crippen LogP contribution in [0.4, 0.5) is 5.69 Å². The van der Waals surface area contributed by atoms with Crippen molar-refractivity contribution in [1.29, 1.82) is 0 Å². The van der Waals surface area contributed by atoms with E-state index in [0.29, 0.717) is 11.3 Å². The Hall–Kier alpha value is -2.27. The average Bonchev–Trinajstić information content (AvgIpc) is 3.33. The number of hydrogen-bond donors (Lipinski definition) is 1. The van der Waals surface area contributed by atoms with E-state index in [4.69, 9.17) is 4.74 Å². The highest BCUT2D eigenvalue weighted by molar-refractivity contribution is 5.51. The Morgan fingerprint density at radius 1 is 1.04 bits per heavy atom. The van der Waals surface area contributed by atoms with Gasteiger partial charge < -0.3 is 14.7 Å². The SMILES string of the molecule is Oc1ccc(Oc2cncc(N3CCC4(C3)C3CCN4CC3)c2)cc1. The summed E-state index contributed by atoms with van der Waals surface area (Å²) < 4.78 is 5.89. The topological polar surface area (TPSA) is 48.8 Å². The number of benzene rings is 1.